The fraction of sp³-hybridized carbons (Fsp3) is 0.357. The second-order valence-corrected chi connectivity index (χ2v) is 5.17. The second-order valence-electron chi connectivity index (χ2n) is 4.38. The summed E-state index contributed by atoms with van der Waals surface area (Å²) in [4.78, 5) is 0. The molecule has 2 rings (SSSR count). The number of hydrogen-bond acceptors (Lipinski definition) is 3. The molecule has 0 saturated carbocycles. The van der Waals surface area contributed by atoms with E-state index in [1.165, 1.54) is 0 Å². The van der Waals surface area contributed by atoms with Gasteiger partial charge in [0.2, 0.25) is 0 Å². The van der Waals surface area contributed by atoms with Gasteiger partial charge in [0.1, 0.15) is 12.4 Å². The van der Waals surface area contributed by atoms with Crippen LogP contribution in [0.5, 0.6) is 5.75 Å². The van der Waals surface area contributed by atoms with Crippen LogP contribution in [0.25, 0.3) is 0 Å². The Kier molecular flexibility index (Phi) is 4.91. The molecule has 0 spiro atoms. The van der Waals surface area contributed by atoms with Crippen molar-refractivity contribution in [2.45, 2.75) is 33.5 Å². The van der Waals surface area contributed by atoms with E-state index in [4.69, 9.17) is 33.7 Å². The van der Waals surface area contributed by atoms with E-state index in [2.05, 4.69) is 5.10 Å². The van der Waals surface area contributed by atoms with Crippen molar-refractivity contribution < 1.29 is 4.74 Å². The standard InChI is InChI=1S/C14H17Cl2N3O/c1-3-19-12(13(16)9(2)18-19)8-20-14-10(7-17)5-4-6-11(14)15/h4-6H,3,7-8,17H2,1-2H3. The van der Waals surface area contributed by atoms with E-state index in [9.17, 15) is 0 Å². The Labute approximate surface area is 128 Å². The number of ether oxygens (including phenoxy) is 1. The van der Waals surface area contributed by atoms with Crippen molar-refractivity contribution in [2.24, 2.45) is 5.73 Å². The maximum Gasteiger partial charge on any atom is 0.142 e. The van der Waals surface area contributed by atoms with Gasteiger partial charge < -0.3 is 10.5 Å². The van der Waals surface area contributed by atoms with E-state index in [-0.39, 0.29) is 0 Å². The highest BCUT2D eigenvalue weighted by molar-refractivity contribution is 6.32. The maximum atomic E-state index is 6.25. The summed E-state index contributed by atoms with van der Waals surface area (Å²) < 4.78 is 7.65. The van der Waals surface area contributed by atoms with Crippen LogP contribution in [-0.4, -0.2) is 9.78 Å². The van der Waals surface area contributed by atoms with E-state index in [1.807, 2.05) is 30.7 Å². The normalized spacial score (nSPS) is 10.8. The molecule has 20 heavy (non-hydrogen) atoms. The van der Waals surface area contributed by atoms with Crippen LogP contribution in [0.2, 0.25) is 10.0 Å². The van der Waals surface area contributed by atoms with Crippen LogP contribution in [-0.2, 0) is 19.7 Å². The molecule has 0 aliphatic heterocycles. The summed E-state index contributed by atoms with van der Waals surface area (Å²) in [5.41, 5.74) is 8.20. The fourth-order valence-electron chi connectivity index (χ4n) is 2.02. The molecule has 1 aromatic carbocycles. The Morgan fingerprint density at radius 3 is 2.75 bits per heavy atom. The van der Waals surface area contributed by atoms with Gasteiger partial charge in [-0.3, -0.25) is 4.68 Å². The highest BCUT2D eigenvalue weighted by Crippen LogP contribution is 2.30. The highest BCUT2D eigenvalue weighted by Gasteiger charge is 2.15. The smallest absolute Gasteiger partial charge is 0.142 e. The van der Waals surface area contributed by atoms with Gasteiger partial charge >= 0.3 is 0 Å². The molecule has 2 N–H and O–H groups in total. The third-order valence-electron chi connectivity index (χ3n) is 3.07. The van der Waals surface area contributed by atoms with E-state index >= 15 is 0 Å². The number of hydrogen-bond donors (Lipinski definition) is 1. The molecular formula is C14H17Cl2N3O. The van der Waals surface area contributed by atoms with Gasteiger partial charge in [0, 0.05) is 18.7 Å². The van der Waals surface area contributed by atoms with Crippen molar-refractivity contribution in [3.05, 3.63) is 45.2 Å². The van der Waals surface area contributed by atoms with E-state index < -0.39 is 0 Å². The third kappa shape index (κ3) is 2.92. The van der Waals surface area contributed by atoms with Crippen molar-refractivity contribution in [3.8, 4) is 5.75 Å². The van der Waals surface area contributed by atoms with Gasteiger partial charge in [-0.05, 0) is 19.9 Å². The molecule has 0 radical (unpaired) electrons. The van der Waals surface area contributed by atoms with Crippen LogP contribution in [0.4, 0.5) is 0 Å². The zero-order valence-corrected chi connectivity index (χ0v) is 13.0. The van der Waals surface area contributed by atoms with Gasteiger partial charge in [-0.2, -0.15) is 5.10 Å². The average molecular weight is 314 g/mol. The Bertz CT molecular complexity index is 611. The van der Waals surface area contributed by atoms with Gasteiger partial charge in [0.25, 0.3) is 0 Å². The van der Waals surface area contributed by atoms with Crippen LogP contribution >= 0.6 is 23.2 Å². The lowest BCUT2D eigenvalue weighted by molar-refractivity contribution is 0.290. The van der Waals surface area contributed by atoms with Crippen molar-refractivity contribution in [3.63, 3.8) is 0 Å². The highest BCUT2D eigenvalue weighted by atomic mass is 35.5. The number of halogens is 2. The molecule has 108 valence electrons. The van der Waals surface area contributed by atoms with Gasteiger partial charge in [0.05, 0.1) is 21.4 Å². The van der Waals surface area contributed by atoms with Crippen molar-refractivity contribution in [1.29, 1.82) is 0 Å². The molecule has 0 unspecified atom stereocenters. The summed E-state index contributed by atoms with van der Waals surface area (Å²) in [6.07, 6.45) is 0. The van der Waals surface area contributed by atoms with Crippen molar-refractivity contribution >= 4 is 23.2 Å². The predicted octanol–water partition coefficient (Wildman–Crippen LogP) is 3.56. The number of nitrogens with two attached hydrogens (primary N) is 1. The molecule has 0 aliphatic carbocycles. The minimum atomic E-state index is 0.310. The van der Waals surface area contributed by atoms with Gasteiger partial charge in [-0.25, -0.2) is 0 Å². The summed E-state index contributed by atoms with van der Waals surface area (Å²) in [6.45, 7) is 5.30. The minimum Gasteiger partial charge on any atom is -0.485 e. The van der Waals surface area contributed by atoms with E-state index in [1.54, 1.807) is 6.07 Å². The molecular weight excluding hydrogens is 297 g/mol. The lowest BCUT2D eigenvalue weighted by atomic mass is 10.2. The monoisotopic (exact) mass is 313 g/mol. The molecule has 0 saturated heterocycles. The first kappa shape index (κ1) is 15.2. The summed E-state index contributed by atoms with van der Waals surface area (Å²) in [7, 11) is 0. The summed E-state index contributed by atoms with van der Waals surface area (Å²) >= 11 is 12.4. The molecule has 4 nitrogen and oxygen atoms in total. The molecule has 2 aromatic rings. The van der Waals surface area contributed by atoms with E-state index in [0.717, 1.165) is 23.5 Å². The quantitative estimate of drug-likeness (QED) is 0.918. The summed E-state index contributed by atoms with van der Waals surface area (Å²) in [6, 6.07) is 5.52. The number of para-hydroxylation sites is 1. The minimum absolute atomic E-state index is 0.310. The van der Waals surface area contributed by atoms with Crippen LogP contribution in [0.3, 0.4) is 0 Å². The molecule has 0 aliphatic rings. The molecule has 6 heteroatoms. The molecule has 0 bridgehead atoms. The lowest BCUT2D eigenvalue weighted by Crippen LogP contribution is -2.08. The Morgan fingerprint density at radius 1 is 1.35 bits per heavy atom. The number of aromatic nitrogens is 2. The van der Waals surface area contributed by atoms with Gasteiger partial charge in [-0.1, -0.05) is 35.3 Å². The van der Waals surface area contributed by atoms with E-state index in [0.29, 0.717) is 28.9 Å². The SMILES string of the molecule is CCn1nc(C)c(Cl)c1COc1c(Cl)cccc1CN. The zero-order valence-electron chi connectivity index (χ0n) is 11.5. The Hall–Kier alpha value is -1.23. The predicted molar refractivity (Wildman–Crippen MR) is 81.3 cm³/mol. The number of rotatable bonds is 5. The van der Waals surface area contributed by atoms with Gasteiger partial charge in [0.15, 0.2) is 0 Å². The Morgan fingerprint density at radius 2 is 2.10 bits per heavy atom. The average Bonchev–Trinajstić information content (AvgIpc) is 2.72. The summed E-state index contributed by atoms with van der Waals surface area (Å²) in [5, 5.41) is 5.53. The second kappa shape index (κ2) is 6.48. The molecule has 0 atom stereocenters. The molecule has 1 heterocycles. The first-order valence-electron chi connectivity index (χ1n) is 6.40. The van der Waals surface area contributed by atoms with Crippen LogP contribution in [0.1, 0.15) is 23.9 Å². The maximum absolute atomic E-state index is 6.25. The first-order chi connectivity index (χ1) is 9.58. The topological polar surface area (TPSA) is 53.1 Å². The van der Waals surface area contributed by atoms with Crippen molar-refractivity contribution in [1.82, 2.24) is 9.78 Å². The van der Waals surface area contributed by atoms with Gasteiger partial charge in [-0.15, -0.1) is 0 Å². The zero-order chi connectivity index (χ0) is 14.7. The van der Waals surface area contributed by atoms with Crippen LogP contribution in [0, 0.1) is 6.92 Å². The first-order valence-corrected chi connectivity index (χ1v) is 7.16. The molecule has 1 aromatic heterocycles. The Balaban J connectivity index is 2.25. The summed E-state index contributed by atoms with van der Waals surface area (Å²) in [5.74, 6) is 0.606. The molecule has 0 amide bonds. The largest absolute Gasteiger partial charge is 0.485 e. The molecule has 0 fully saturated rings. The number of benzene rings is 1. The van der Waals surface area contributed by atoms with Crippen molar-refractivity contribution in [2.75, 3.05) is 0 Å². The third-order valence-corrected chi connectivity index (χ3v) is 3.86. The lowest BCUT2D eigenvalue weighted by Gasteiger charge is -2.13. The fourth-order valence-corrected chi connectivity index (χ4v) is 2.46. The number of nitrogens with zero attached hydrogens (tertiary/aromatic N) is 2. The van der Waals surface area contributed by atoms with Crippen LogP contribution in [0.15, 0.2) is 18.2 Å². The number of aryl methyl sites for hydroxylation is 2. The van der Waals surface area contributed by atoms with Crippen LogP contribution < -0.4 is 10.5 Å².